The molecule has 0 saturated heterocycles. The van der Waals surface area contributed by atoms with E-state index in [1.807, 2.05) is 31.2 Å². The predicted octanol–water partition coefficient (Wildman–Crippen LogP) is 12.0. The number of ether oxygens (including phenoxy) is 1. The summed E-state index contributed by atoms with van der Waals surface area (Å²) < 4.78 is 5.21. The van der Waals surface area contributed by atoms with Crippen molar-refractivity contribution < 1.29 is 9.53 Å². The van der Waals surface area contributed by atoms with E-state index in [1.165, 1.54) is 27.9 Å². The topological polar surface area (TPSA) is 26.3 Å². The van der Waals surface area contributed by atoms with Crippen LogP contribution >= 0.6 is 0 Å². The Morgan fingerprint density at radius 1 is 0.535 bits per heavy atom. The predicted molar refractivity (Wildman–Crippen MR) is 192 cm³/mol. The van der Waals surface area contributed by atoms with Crippen LogP contribution in [0.15, 0.2) is 142 Å². The summed E-state index contributed by atoms with van der Waals surface area (Å²) in [6, 6.07) is 0. The van der Waals surface area contributed by atoms with E-state index in [-0.39, 0.29) is 5.78 Å². The molecule has 234 valence electrons. The summed E-state index contributed by atoms with van der Waals surface area (Å²) in [5, 5.41) is 0. The van der Waals surface area contributed by atoms with Gasteiger partial charge in [0.2, 0.25) is 0 Å². The van der Waals surface area contributed by atoms with Crippen molar-refractivity contribution in [2.45, 2.75) is 101 Å². The third-order valence-corrected chi connectivity index (χ3v) is 6.73. The molecule has 0 amide bonds. The summed E-state index contributed by atoms with van der Waals surface area (Å²) in [4.78, 5) is 12.1. The molecular weight excluding hydrogens is 524 g/mol. The second-order valence-electron chi connectivity index (χ2n) is 11.9. The van der Waals surface area contributed by atoms with Gasteiger partial charge in [0.15, 0.2) is 5.78 Å². The quantitative estimate of drug-likeness (QED) is 0.0912. The Kier molecular flexibility index (Phi) is 21.2. The largest absolute Gasteiger partial charge is 0.371 e. The molecule has 0 bridgehead atoms. The summed E-state index contributed by atoms with van der Waals surface area (Å²) in [7, 11) is 1.55. The Bertz CT molecular complexity index is 1230. The van der Waals surface area contributed by atoms with E-state index < -0.39 is 5.60 Å². The van der Waals surface area contributed by atoms with Crippen LogP contribution in [0.3, 0.4) is 0 Å². The standard InChI is InChI=1S/C41H58O2/c1-33(2)19-14-22-36(5)25-17-28-37(6)26-15-23-34(3)20-12-13-21-35(4)24-16-27-38(7)29-18-30-39(8)31-32-40(42)41(9,10)43-11/h12-13,15-16,18-21,23-27,29-32H,14,17,22,28H2,1-11H3. The second-order valence-corrected chi connectivity index (χ2v) is 11.9. The Hall–Kier alpha value is -3.49. The minimum absolute atomic E-state index is 0.0526. The fraction of sp³-hybridized carbons (Fsp3) is 0.390. The SMILES string of the molecule is COC(C)(C)C(=O)C=CC(C)=CC=CC(C)=CC=CC(C)=CC=CC=C(C)C=CC=C(C)CCC=C(C)CCC=C(C)C. The Balaban J connectivity index is 4.73. The van der Waals surface area contributed by atoms with Crippen LogP contribution in [0, 0.1) is 0 Å². The highest BCUT2D eigenvalue weighted by atomic mass is 16.5. The van der Waals surface area contributed by atoms with E-state index in [4.69, 9.17) is 4.74 Å². The average Bonchev–Trinajstić information content (AvgIpc) is 2.93. The second kappa shape index (κ2) is 23.0. The first-order chi connectivity index (χ1) is 20.3. The number of hydrogen-bond donors (Lipinski definition) is 0. The van der Waals surface area contributed by atoms with Gasteiger partial charge in [-0.25, -0.2) is 0 Å². The Morgan fingerprint density at radius 2 is 0.953 bits per heavy atom. The zero-order chi connectivity index (χ0) is 32.7. The maximum Gasteiger partial charge on any atom is 0.186 e. The third kappa shape index (κ3) is 22.7. The van der Waals surface area contributed by atoms with E-state index in [2.05, 4.69) is 121 Å². The third-order valence-electron chi connectivity index (χ3n) is 6.73. The van der Waals surface area contributed by atoms with E-state index in [9.17, 15) is 4.79 Å². The van der Waals surface area contributed by atoms with E-state index in [0.717, 1.165) is 36.8 Å². The van der Waals surface area contributed by atoms with E-state index in [1.54, 1.807) is 27.0 Å². The molecule has 0 fully saturated rings. The Morgan fingerprint density at radius 3 is 1.44 bits per heavy atom. The number of carbonyl (C=O) groups excluding carboxylic acids is 1. The van der Waals surface area contributed by atoms with Gasteiger partial charge in [-0.2, -0.15) is 0 Å². The van der Waals surface area contributed by atoms with Gasteiger partial charge in [-0.15, -0.1) is 0 Å². The van der Waals surface area contributed by atoms with Crippen molar-refractivity contribution in [3.8, 4) is 0 Å². The van der Waals surface area contributed by atoms with Gasteiger partial charge < -0.3 is 4.74 Å². The molecule has 0 aliphatic rings. The normalized spacial score (nSPS) is 15.3. The molecule has 0 atom stereocenters. The molecule has 2 nitrogen and oxygen atoms in total. The number of allylic oxidation sites excluding steroid dienone is 23. The molecule has 0 unspecified atom stereocenters. The summed E-state index contributed by atoms with van der Waals surface area (Å²) in [6.45, 7) is 20.5. The van der Waals surface area contributed by atoms with Crippen molar-refractivity contribution >= 4 is 5.78 Å². The Labute approximate surface area is 264 Å². The number of rotatable bonds is 18. The van der Waals surface area contributed by atoms with Crippen molar-refractivity contribution in [2.24, 2.45) is 0 Å². The lowest BCUT2D eigenvalue weighted by Gasteiger charge is -2.18. The number of carbonyl (C=O) groups is 1. The van der Waals surface area contributed by atoms with E-state index >= 15 is 0 Å². The molecule has 2 heteroatoms. The van der Waals surface area contributed by atoms with Crippen LogP contribution in [0.1, 0.15) is 94.9 Å². The van der Waals surface area contributed by atoms with Gasteiger partial charge in [-0.3, -0.25) is 4.79 Å². The van der Waals surface area contributed by atoms with Gasteiger partial charge in [-0.1, -0.05) is 136 Å². The molecule has 43 heavy (non-hydrogen) atoms. The van der Waals surface area contributed by atoms with Crippen molar-refractivity contribution in [3.05, 3.63) is 142 Å². The van der Waals surface area contributed by atoms with Gasteiger partial charge in [0.05, 0.1) is 0 Å². The molecule has 0 spiro atoms. The average molecular weight is 583 g/mol. The zero-order valence-corrected chi connectivity index (χ0v) is 29.0. The molecule has 0 aliphatic carbocycles. The van der Waals surface area contributed by atoms with Crippen LogP contribution in [-0.2, 0) is 9.53 Å². The lowest BCUT2D eigenvalue weighted by atomic mass is 10.0. The van der Waals surface area contributed by atoms with Gasteiger partial charge in [0, 0.05) is 7.11 Å². The first-order valence-corrected chi connectivity index (χ1v) is 15.4. The van der Waals surface area contributed by atoms with Crippen LogP contribution < -0.4 is 0 Å². The molecular formula is C41H58O2. The van der Waals surface area contributed by atoms with Crippen LogP contribution in [0.5, 0.6) is 0 Å². The minimum atomic E-state index is -0.799. The highest BCUT2D eigenvalue weighted by Gasteiger charge is 2.23. The van der Waals surface area contributed by atoms with Gasteiger partial charge in [0.25, 0.3) is 0 Å². The molecule has 0 aromatic heterocycles. The lowest BCUT2D eigenvalue weighted by Crippen LogP contribution is -2.32. The highest BCUT2D eigenvalue weighted by Crippen LogP contribution is 2.12. The van der Waals surface area contributed by atoms with Gasteiger partial charge in [0.1, 0.15) is 5.60 Å². The van der Waals surface area contributed by atoms with E-state index in [0.29, 0.717) is 0 Å². The van der Waals surface area contributed by atoms with Crippen molar-refractivity contribution in [2.75, 3.05) is 7.11 Å². The number of methoxy groups -OCH3 is 1. The summed E-state index contributed by atoms with van der Waals surface area (Å²) in [5.74, 6) is -0.0526. The molecule has 0 saturated carbocycles. The number of hydrogen-bond acceptors (Lipinski definition) is 2. The summed E-state index contributed by atoms with van der Waals surface area (Å²) >= 11 is 0. The monoisotopic (exact) mass is 582 g/mol. The van der Waals surface area contributed by atoms with Crippen molar-refractivity contribution in [1.29, 1.82) is 0 Å². The summed E-state index contributed by atoms with van der Waals surface area (Å²) in [6.07, 6.45) is 39.7. The van der Waals surface area contributed by atoms with Crippen molar-refractivity contribution in [1.82, 2.24) is 0 Å². The van der Waals surface area contributed by atoms with Crippen LogP contribution in [0.25, 0.3) is 0 Å². The van der Waals surface area contributed by atoms with Crippen LogP contribution in [-0.4, -0.2) is 18.5 Å². The lowest BCUT2D eigenvalue weighted by molar-refractivity contribution is -0.131. The smallest absolute Gasteiger partial charge is 0.186 e. The minimum Gasteiger partial charge on any atom is -0.371 e. The first kappa shape index (κ1) is 39.5. The fourth-order valence-electron chi connectivity index (χ4n) is 3.53. The fourth-order valence-corrected chi connectivity index (χ4v) is 3.53. The first-order valence-electron chi connectivity index (χ1n) is 15.4. The molecule has 0 aromatic carbocycles. The van der Waals surface area contributed by atoms with Gasteiger partial charge >= 0.3 is 0 Å². The zero-order valence-electron chi connectivity index (χ0n) is 29.0. The van der Waals surface area contributed by atoms with Crippen LogP contribution in [0.2, 0.25) is 0 Å². The van der Waals surface area contributed by atoms with Gasteiger partial charge in [-0.05, 0) is 101 Å². The highest BCUT2D eigenvalue weighted by molar-refractivity contribution is 5.96. The maximum absolute atomic E-state index is 12.1. The number of ketones is 1. The van der Waals surface area contributed by atoms with Crippen LogP contribution in [0.4, 0.5) is 0 Å². The molecule has 0 rings (SSSR count). The molecule has 0 aliphatic heterocycles. The molecule has 0 heterocycles. The molecule has 0 radical (unpaired) electrons. The maximum atomic E-state index is 12.1. The summed E-state index contributed by atoms with van der Waals surface area (Å²) in [5.41, 5.74) is 8.01. The molecule has 0 N–H and O–H groups in total. The molecule has 0 aromatic rings. The van der Waals surface area contributed by atoms with Crippen molar-refractivity contribution in [3.63, 3.8) is 0 Å².